The Balaban J connectivity index is 1.92. The minimum atomic E-state index is 0.0167. The van der Waals surface area contributed by atoms with Crippen LogP contribution in [0.5, 0.6) is 0 Å². The molecule has 0 amide bonds. The molecule has 0 unspecified atom stereocenters. The highest BCUT2D eigenvalue weighted by Gasteiger charge is 2.35. The molecule has 3 heteroatoms. The highest BCUT2D eigenvalue weighted by molar-refractivity contribution is 5.08. The highest BCUT2D eigenvalue weighted by Crippen LogP contribution is 2.31. The van der Waals surface area contributed by atoms with Crippen molar-refractivity contribution in [3.8, 4) is 0 Å². The summed E-state index contributed by atoms with van der Waals surface area (Å²) in [5.41, 5.74) is 1.32. The fourth-order valence-corrected chi connectivity index (χ4v) is 2.19. The van der Waals surface area contributed by atoms with Crippen LogP contribution in [0, 0.1) is 0 Å². The molecule has 0 atom stereocenters. The molecule has 0 aromatic carbocycles. The predicted molar refractivity (Wildman–Crippen MR) is 60.6 cm³/mol. The van der Waals surface area contributed by atoms with E-state index in [1.165, 1.54) is 12.1 Å². The minimum Gasteiger partial charge on any atom is -0.394 e. The first-order chi connectivity index (χ1) is 7.29. The number of nitrogens with zero attached hydrogens (tertiary/aromatic N) is 1. The van der Waals surface area contributed by atoms with Gasteiger partial charge in [-0.3, -0.25) is 0 Å². The summed E-state index contributed by atoms with van der Waals surface area (Å²) in [7, 11) is 0. The van der Waals surface area contributed by atoms with Crippen molar-refractivity contribution in [2.45, 2.75) is 44.8 Å². The van der Waals surface area contributed by atoms with Crippen LogP contribution in [0.1, 0.15) is 31.9 Å². The number of aliphatic hydroxyl groups excluding tert-OH is 1. The molecule has 0 spiro atoms. The molecule has 15 heavy (non-hydrogen) atoms. The van der Waals surface area contributed by atoms with E-state index < -0.39 is 0 Å². The molecule has 2 rings (SSSR count). The van der Waals surface area contributed by atoms with Crippen LogP contribution in [-0.2, 0) is 13.1 Å². The average Bonchev–Trinajstić information content (AvgIpc) is 2.64. The molecule has 3 nitrogen and oxygen atoms in total. The van der Waals surface area contributed by atoms with Gasteiger partial charge in [0.2, 0.25) is 0 Å². The van der Waals surface area contributed by atoms with Gasteiger partial charge in [0.05, 0.1) is 6.61 Å². The molecule has 0 bridgehead atoms. The number of nitrogens with one attached hydrogen (secondary N) is 1. The normalized spacial score (nSPS) is 18.8. The Morgan fingerprint density at radius 1 is 1.53 bits per heavy atom. The van der Waals surface area contributed by atoms with E-state index in [1.807, 2.05) is 0 Å². The molecule has 0 radical (unpaired) electrons. The van der Waals surface area contributed by atoms with Crippen molar-refractivity contribution in [3.05, 3.63) is 24.0 Å². The smallest absolute Gasteiger partial charge is 0.0613 e. The second-order valence-electron chi connectivity index (χ2n) is 4.43. The molecule has 0 saturated heterocycles. The molecular weight excluding hydrogens is 188 g/mol. The van der Waals surface area contributed by atoms with Crippen LogP contribution in [0.2, 0.25) is 0 Å². The van der Waals surface area contributed by atoms with E-state index in [0.717, 1.165) is 25.9 Å². The lowest BCUT2D eigenvalue weighted by Crippen LogP contribution is -2.53. The Hall–Kier alpha value is -0.800. The van der Waals surface area contributed by atoms with Crippen molar-refractivity contribution in [1.29, 1.82) is 0 Å². The summed E-state index contributed by atoms with van der Waals surface area (Å²) in [5, 5.41) is 12.8. The van der Waals surface area contributed by atoms with Crippen LogP contribution in [0.15, 0.2) is 18.3 Å². The summed E-state index contributed by atoms with van der Waals surface area (Å²) in [6, 6.07) is 4.22. The molecule has 1 saturated carbocycles. The number of aryl methyl sites for hydroxylation is 1. The first-order valence-corrected chi connectivity index (χ1v) is 5.79. The largest absolute Gasteiger partial charge is 0.394 e. The van der Waals surface area contributed by atoms with Gasteiger partial charge >= 0.3 is 0 Å². The molecular formula is C12H20N2O. The van der Waals surface area contributed by atoms with Crippen LogP contribution in [0.25, 0.3) is 0 Å². The van der Waals surface area contributed by atoms with Gasteiger partial charge in [0.25, 0.3) is 0 Å². The Bertz CT molecular complexity index is 310. The third-order valence-corrected chi connectivity index (χ3v) is 3.52. The minimum absolute atomic E-state index is 0.0167. The summed E-state index contributed by atoms with van der Waals surface area (Å²) in [4.78, 5) is 0. The summed E-state index contributed by atoms with van der Waals surface area (Å²) < 4.78 is 2.23. The van der Waals surface area contributed by atoms with Crippen molar-refractivity contribution < 1.29 is 5.11 Å². The average molecular weight is 208 g/mol. The van der Waals surface area contributed by atoms with Gasteiger partial charge in [-0.15, -0.1) is 0 Å². The summed E-state index contributed by atoms with van der Waals surface area (Å²) in [6.07, 6.45) is 5.55. The Labute approximate surface area is 91.1 Å². The van der Waals surface area contributed by atoms with Crippen LogP contribution in [0.4, 0.5) is 0 Å². The standard InChI is InChI=1S/C12H20N2O/c1-2-14-8-3-5-11(14)9-13-12(10-15)6-4-7-12/h3,5,8,13,15H,2,4,6-7,9-10H2,1H3. The van der Waals surface area contributed by atoms with Crippen LogP contribution in [0.3, 0.4) is 0 Å². The zero-order valence-electron chi connectivity index (χ0n) is 9.37. The molecule has 1 heterocycles. The monoisotopic (exact) mass is 208 g/mol. The van der Waals surface area contributed by atoms with Crippen molar-refractivity contribution in [1.82, 2.24) is 9.88 Å². The van der Waals surface area contributed by atoms with Crippen molar-refractivity contribution in [2.75, 3.05) is 6.61 Å². The summed E-state index contributed by atoms with van der Waals surface area (Å²) in [6.45, 7) is 4.28. The molecule has 1 fully saturated rings. The Morgan fingerprint density at radius 3 is 2.87 bits per heavy atom. The maximum Gasteiger partial charge on any atom is 0.0613 e. The van der Waals surface area contributed by atoms with E-state index in [2.05, 4.69) is 35.1 Å². The van der Waals surface area contributed by atoms with E-state index in [0.29, 0.717) is 0 Å². The number of rotatable bonds is 5. The van der Waals surface area contributed by atoms with E-state index in [4.69, 9.17) is 0 Å². The zero-order chi connectivity index (χ0) is 10.7. The van der Waals surface area contributed by atoms with Gasteiger partial charge < -0.3 is 15.0 Å². The second kappa shape index (κ2) is 4.37. The molecule has 0 aliphatic heterocycles. The Morgan fingerprint density at radius 2 is 2.33 bits per heavy atom. The maximum absolute atomic E-state index is 9.32. The topological polar surface area (TPSA) is 37.2 Å². The van der Waals surface area contributed by atoms with E-state index >= 15 is 0 Å². The summed E-state index contributed by atoms with van der Waals surface area (Å²) in [5.74, 6) is 0. The van der Waals surface area contributed by atoms with Crippen molar-refractivity contribution >= 4 is 0 Å². The van der Waals surface area contributed by atoms with E-state index in [1.54, 1.807) is 0 Å². The highest BCUT2D eigenvalue weighted by atomic mass is 16.3. The van der Waals surface area contributed by atoms with Gasteiger partial charge in [-0.1, -0.05) is 0 Å². The molecule has 1 aromatic heterocycles. The lowest BCUT2D eigenvalue weighted by atomic mass is 9.77. The fraction of sp³-hybridized carbons (Fsp3) is 0.667. The quantitative estimate of drug-likeness (QED) is 0.769. The molecule has 1 aliphatic carbocycles. The first-order valence-electron chi connectivity index (χ1n) is 5.79. The number of aliphatic hydroxyl groups is 1. The molecule has 84 valence electrons. The fourth-order valence-electron chi connectivity index (χ4n) is 2.19. The van der Waals surface area contributed by atoms with Crippen LogP contribution in [-0.4, -0.2) is 21.8 Å². The SMILES string of the molecule is CCn1cccc1CNC1(CO)CCC1. The third-order valence-electron chi connectivity index (χ3n) is 3.52. The number of hydrogen-bond donors (Lipinski definition) is 2. The van der Waals surface area contributed by atoms with E-state index in [-0.39, 0.29) is 12.1 Å². The molecule has 2 N–H and O–H groups in total. The number of hydrogen-bond acceptors (Lipinski definition) is 2. The molecule has 1 aliphatic rings. The van der Waals surface area contributed by atoms with Gasteiger partial charge in [0.15, 0.2) is 0 Å². The van der Waals surface area contributed by atoms with Crippen LogP contribution >= 0.6 is 0 Å². The molecule has 1 aromatic rings. The van der Waals surface area contributed by atoms with Crippen molar-refractivity contribution in [2.24, 2.45) is 0 Å². The van der Waals surface area contributed by atoms with Gasteiger partial charge in [-0.05, 0) is 38.3 Å². The summed E-state index contributed by atoms with van der Waals surface area (Å²) >= 11 is 0. The van der Waals surface area contributed by atoms with Gasteiger partial charge in [0, 0.05) is 30.5 Å². The number of aromatic nitrogens is 1. The van der Waals surface area contributed by atoms with Crippen molar-refractivity contribution in [3.63, 3.8) is 0 Å². The zero-order valence-corrected chi connectivity index (χ0v) is 9.37. The second-order valence-corrected chi connectivity index (χ2v) is 4.43. The third kappa shape index (κ3) is 2.08. The van der Waals surface area contributed by atoms with Gasteiger partial charge in [-0.25, -0.2) is 0 Å². The lowest BCUT2D eigenvalue weighted by Gasteiger charge is -2.41. The Kier molecular flexibility index (Phi) is 3.12. The van der Waals surface area contributed by atoms with Gasteiger partial charge in [-0.2, -0.15) is 0 Å². The van der Waals surface area contributed by atoms with Gasteiger partial charge in [0.1, 0.15) is 0 Å². The van der Waals surface area contributed by atoms with E-state index in [9.17, 15) is 5.11 Å². The lowest BCUT2D eigenvalue weighted by molar-refractivity contribution is 0.0866. The maximum atomic E-state index is 9.32. The predicted octanol–water partition coefficient (Wildman–Crippen LogP) is 1.51. The van der Waals surface area contributed by atoms with Crippen LogP contribution < -0.4 is 5.32 Å². The first kappa shape index (κ1) is 10.7.